The Labute approximate surface area is 180 Å². The monoisotopic (exact) mass is 431 g/mol. The summed E-state index contributed by atoms with van der Waals surface area (Å²) >= 11 is 6.58. The van der Waals surface area contributed by atoms with Crippen molar-refractivity contribution in [3.63, 3.8) is 0 Å². The first-order chi connectivity index (χ1) is 14.0. The highest BCUT2D eigenvalue weighted by Gasteiger charge is 2.42. The summed E-state index contributed by atoms with van der Waals surface area (Å²) in [4.78, 5) is 40.8. The maximum atomic E-state index is 13.1. The van der Waals surface area contributed by atoms with Gasteiger partial charge in [-0.3, -0.25) is 24.2 Å². The van der Waals surface area contributed by atoms with Gasteiger partial charge in [0.25, 0.3) is 11.8 Å². The highest BCUT2D eigenvalue weighted by Crippen LogP contribution is 2.44. The minimum absolute atomic E-state index is 0.225. The average molecular weight is 432 g/mol. The summed E-state index contributed by atoms with van der Waals surface area (Å²) in [6.45, 7) is 2.52. The van der Waals surface area contributed by atoms with Gasteiger partial charge in [0.1, 0.15) is 10.9 Å². The Hall–Kier alpha value is -2.19. The maximum Gasteiger partial charge on any atom is 0.267 e. The molecule has 6 nitrogen and oxygen atoms in total. The molecule has 0 bridgehead atoms. The fourth-order valence-corrected chi connectivity index (χ4v) is 4.98. The number of nitrogens with two attached hydrogens (primary N) is 1. The zero-order valence-electron chi connectivity index (χ0n) is 16.5. The number of thiocarbonyl (C=S) groups is 1. The van der Waals surface area contributed by atoms with Crippen molar-refractivity contribution in [2.24, 2.45) is 5.73 Å². The molecule has 0 aliphatic carbocycles. The summed E-state index contributed by atoms with van der Waals surface area (Å²) < 4.78 is 0.477. The van der Waals surface area contributed by atoms with Crippen molar-refractivity contribution in [1.82, 2.24) is 4.90 Å². The second-order valence-corrected chi connectivity index (χ2v) is 8.82. The number of fused-ring (bicyclic) bond motifs is 1. The molecule has 3 rings (SSSR count). The van der Waals surface area contributed by atoms with Crippen molar-refractivity contribution >= 4 is 57.3 Å². The number of thioether (sulfide) groups is 1. The lowest BCUT2D eigenvalue weighted by molar-refractivity contribution is -0.122. The van der Waals surface area contributed by atoms with E-state index in [1.54, 1.807) is 29.2 Å². The highest BCUT2D eigenvalue weighted by molar-refractivity contribution is 8.26. The van der Waals surface area contributed by atoms with Crippen LogP contribution in [0.25, 0.3) is 5.57 Å². The van der Waals surface area contributed by atoms with Crippen LogP contribution in [0.1, 0.15) is 51.0 Å². The predicted octanol–water partition coefficient (Wildman–Crippen LogP) is 3.45. The summed E-state index contributed by atoms with van der Waals surface area (Å²) in [6, 6.07) is 7.12. The smallest absolute Gasteiger partial charge is 0.267 e. The van der Waals surface area contributed by atoms with Crippen molar-refractivity contribution in [2.45, 2.75) is 45.4 Å². The largest absolute Gasteiger partial charge is 0.368 e. The number of primary amides is 1. The summed E-state index contributed by atoms with van der Waals surface area (Å²) in [5.41, 5.74) is 6.85. The minimum Gasteiger partial charge on any atom is -0.368 e. The van der Waals surface area contributed by atoms with E-state index < -0.39 is 5.91 Å². The summed E-state index contributed by atoms with van der Waals surface area (Å²) in [5, 5.41) is 0. The first-order valence-electron chi connectivity index (χ1n) is 9.93. The van der Waals surface area contributed by atoms with Gasteiger partial charge < -0.3 is 5.73 Å². The van der Waals surface area contributed by atoms with Crippen LogP contribution in [0.4, 0.5) is 5.69 Å². The SMILES string of the molecule is CCCCCCCCN1C(=O)/C(=C2\C(=O)N(CC(N)=O)c3ccccc32)SC1=S. The number of carbonyl (C=O) groups is 3. The number of rotatable bonds is 9. The molecule has 0 aromatic heterocycles. The van der Waals surface area contributed by atoms with Gasteiger partial charge in [0.2, 0.25) is 5.91 Å². The van der Waals surface area contributed by atoms with E-state index in [0.29, 0.717) is 32.6 Å². The van der Waals surface area contributed by atoms with Gasteiger partial charge in [0.05, 0.1) is 16.2 Å². The molecule has 1 saturated heterocycles. The molecule has 29 heavy (non-hydrogen) atoms. The van der Waals surface area contributed by atoms with E-state index in [2.05, 4.69) is 6.92 Å². The van der Waals surface area contributed by atoms with Crippen LogP contribution < -0.4 is 10.6 Å². The molecule has 1 aromatic rings. The minimum atomic E-state index is -0.606. The van der Waals surface area contributed by atoms with E-state index in [-0.39, 0.29) is 18.4 Å². The van der Waals surface area contributed by atoms with E-state index in [1.165, 1.54) is 24.2 Å². The Morgan fingerprint density at radius 1 is 1.03 bits per heavy atom. The molecule has 8 heteroatoms. The number of benzene rings is 1. The maximum absolute atomic E-state index is 13.1. The van der Waals surface area contributed by atoms with Gasteiger partial charge in [-0.1, -0.05) is 81.2 Å². The van der Waals surface area contributed by atoms with E-state index in [4.69, 9.17) is 18.0 Å². The third-order valence-electron chi connectivity index (χ3n) is 5.05. The second kappa shape index (κ2) is 9.54. The molecule has 2 aliphatic rings. The number of anilines is 1. The lowest BCUT2D eigenvalue weighted by atomic mass is 10.1. The Morgan fingerprint density at radius 3 is 2.45 bits per heavy atom. The van der Waals surface area contributed by atoms with Crippen LogP contribution in [-0.4, -0.2) is 40.0 Å². The molecule has 0 unspecified atom stereocenters. The molecule has 0 radical (unpaired) electrons. The highest BCUT2D eigenvalue weighted by atomic mass is 32.2. The number of nitrogens with zero attached hydrogens (tertiary/aromatic N) is 2. The van der Waals surface area contributed by atoms with E-state index in [9.17, 15) is 14.4 Å². The van der Waals surface area contributed by atoms with Crippen molar-refractivity contribution in [3.05, 3.63) is 34.7 Å². The summed E-state index contributed by atoms with van der Waals surface area (Å²) in [5.74, 6) is -1.22. The van der Waals surface area contributed by atoms with Gasteiger partial charge in [-0.25, -0.2) is 0 Å². The van der Waals surface area contributed by atoms with Gasteiger partial charge in [0, 0.05) is 12.1 Å². The van der Waals surface area contributed by atoms with Gasteiger partial charge in [-0.2, -0.15) is 0 Å². The third-order valence-corrected chi connectivity index (χ3v) is 6.50. The molecule has 1 aromatic carbocycles. The molecule has 1 fully saturated rings. The van der Waals surface area contributed by atoms with E-state index in [1.807, 2.05) is 0 Å². The summed E-state index contributed by atoms with van der Waals surface area (Å²) in [7, 11) is 0. The van der Waals surface area contributed by atoms with E-state index >= 15 is 0 Å². The molecule has 2 aliphatic heterocycles. The normalized spacial score (nSPS) is 18.7. The Morgan fingerprint density at radius 2 is 1.72 bits per heavy atom. The number of amides is 3. The molecule has 3 amide bonds. The first kappa shape index (κ1) is 21.5. The van der Waals surface area contributed by atoms with Crippen LogP contribution in [0.3, 0.4) is 0 Å². The van der Waals surface area contributed by atoms with Crippen LogP contribution in [-0.2, 0) is 14.4 Å². The Bertz CT molecular complexity index is 882. The second-order valence-electron chi connectivity index (χ2n) is 7.17. The number of hydrogen-bond donors (Lipinski definition) is 1. The molecule has 2 heterocycles. The first-order valence-corrected chi connectivity index (χ1v) is 11.2. The third kappa shape index (κ3) is 4.53. The molecule has 154 valence electrons. The molecule has 0 spiro atoms. The van der Waals surface area contributed by atoms with Gasteiger partial charge in [-0.05, 0) is 12.5 Å². The van der Waals surface area contributed by atoms with Crippen LogP contribution in [0.5, 0.6) is 0 Å². The Balaban J connectivity index is 1.80. The van der Waals surface area contributed by atoms with Gasteiger partial charge >= 0.3 is 0 Å². The van der Waals surface area contributed by atoms with Gasteiger partial charge in [-0.15, -0.1) is 0 Å². The summed E-state index contributed by atoms with van der Waals surface area (Å²) in [6.07, 6.45) is 6.73. The lowest BCUT2D eigenvalue weighted by Crippen LogP contribution is -2.36. The van der Waals surface area contributed by atoms with Crippen LogP contribution >= 0.6 is 24.0 Å². The Kier molecular flexibility index (Phi) is 7.08. The predicted molar refractivity (Wildman–Crippen MR) is 120 cm³/mol. The number of hydrogen-bond acceptors (Lipinski definition) is 5. The van der Waals surface area contributed by atoms with Crippen molar-refractivity contribution < 1.29 is 14.4 Å². The van der Waals surface area contributed by atoms with E-state index in [0.717, 1.165) is 31.0 Å². The van der Waals surface area contributed by atoms with Crippen molar-refractivity contribution in [2.75, 3.05) is 18.0 Å². The van der Waals surface area contributed by atoms with Gasteiger partial charge in [0.15, 0.2) is 0 Å². The quantitative estimate of drug-likeness (QED) is 0.368. The molecular formula is C21H25N3O3S2. The molecular weight excluding hydrogens is 406 g/mol. The van der Waals surface area contributed by atoms with Crippen LogP contribution in [0.2, 0.25) is 0 Å². The fraction of sp³-hybridized carbons (Fsp3) is 0.429. The topological polar surface area (TPSA) is 83.7 Å². The zero-order valence-corrected chi connectivity index (χ0v) is 18.1. The lowest BCUT2D eigenvalue weighted by Gasteiger charge is -2.15. The number of para-hydroxylation sites is 1. The van der Waals surface area contributed by atoms with Crippen molar-refractivity contribution in [1.29, 1.82) is 0 Å². The average Bonchev–Trinajstić information content (AvgIpc) is 3.12. The molecule has 0 saturated carbocycles. The molecule has 2 N–H and O–H groups in total. The molecule has 0 atom stereocenters. The van der Waals surface area contributed by atoms with Crippen LogP contribution in [0, 0.1) is 0 Å². The fourth-order valence-electron chi connectivity index (χ4n) is 3.60. The number of carbonyl (C=O) groups excluding carboxylic acids is 3. The standard InChI is InChI=1S/C21H25N3O3S2/c1-2-3-4-5-6-9-12-23-20(27)18(29-21(23)28)17-14-10-7-8-11-15(14)24(19(17)26)13-16(22)25/h7-8,10-11H,2-6,9,12-13H2,1H3,(H2,22,25)/b18-17+. The van der Waals surface area contributed by atoms with Crippen LogP contribution in [0.15, 0.2) is 29.2 Å². The number of unbranched alkanes of at least 4 members (excludes halogenated alkanes) is 5. The van der Waals surface area contributed by atoms with Crippen molar-refractivity contribution in [3.8, 4) is 0 Å². The zero-order chi connectivity index (χ0) is 21.0.